The van der Waals surface area contributed by atoms with E-state index in [9.17, 15) is 5.26 Å². The second kappa shape index (κ2) is 9.17. The molecule has 0 amide bonds. The van der Waals surface area contributed by atoms with Gasteiger partial charge in [0, 0.05) is 22.9 Å². The van der Waals surface area contributed by atoms with Crippen molar-refractivity contribution < 1.29 is 32.8 Å². The Hall–Kier alpha value is -5.10. The van der Waals surface area contributed by atoms with E-state index in [2.05, 4.69) is 11.1 Å². The average molecular weight is 496 g/mol. The Morgan fingerprint density at radius 3 is 2.16 bits per heavy atom. The van der Waals surface area contributed by atoms with Crippen LogP contribution in [0.1, 0.15) is 11.1 Å². The lowest BCUT2D eigenvalue weighted by atomic mass is 9.97. The van der Waals surface area contributed by atoms with Gasteiger partial charge in [0.1, 0.15) is 28.9 Å². The Morgan fingerprint density at radius 2 is 1.49 bits per heavy atom. The summed E-state index contributed by atoms with van der Waals surface area (Å²) in [6.07, 6.45) is 1.58. The third kappa shape index (κ3) is 3.94. The maximum atomic E-state index is 10.2. The van der Waals surface area contributed by atoms with Gasteiger partial charge >= 0.3 is 0 Å². The molecule has 2 aliphatic rings. The number of benzene rings is 3. The van der Waals surface area contributed by atoms with Gasteiger partial charge in [-0.05, 0) is 54.1 Å². The topological polar surface area (TPSA) is 105 Å². The summed E-state index contributed by atoms with van der Waals surface area (Å²) >= 11 is 0. The van der Waals surface area contributed by atoms with Crippen molar-refractivity contribution in [1.29, 1.82) is 5.26 Å². The Balaban J connectivity index is 1.51. The fraction of sp³-hybridized carbons (Fsp3) is 0.143. The van der Waals surface area contributed by atoms with E-state index in [0.717, 1.165) is 5.56 Å². The number of furan rings is 1. The zero-order valence-corrected chi connectivity index (χ0v) is 19.9. The van der Waals surface area contributed by atoms with Crippen molar-refractivity contribution in [2.75, 3.05) is 27.8 Å². The molecule has 37 heavy (non-hydrogen) atoms. The van der Waals surface area contributed by atoms with Crippen LogP contribution in [0.15, 0.2) is 64.0 Å². The molecule has 9 heteroatoms. The number of nitriles is 1. The normalized spacial score (nSPS) is 13.1. The summed E-state index contributed by atoms with van der Waals surface area (Å²) in [6.45, 7) is 0.287. The SMILES string of the molecule is COc1ccc(OC)c(C=Nc2oc(-c3ccc4c(c3)OCO4)c(-c3ccc4c(c3)OCO4)c2C#N)c1. The molecule has 0 saturated heterocycles. The van der Waals surface area contributed by atoms with Crippen LogP contribution in [0.25, 0.3) is 22.5 Å². The highest BCUT2D eigenvalue weighted by molar-refractivity contribution is 5.91. The molecule has 0 bridgehead atoms. The summed E-state index contributed by atoms with van der Waals surface area (Å²) in [5.74, 6) is 4.31. The number of aliphatic imine (C=N–C) groups is 1. The number of ether oxygens (including phenoxy) is 6. The van der Waals surface area contributed by atoms with Crippen LogP contribution in [0.4, 0.5) is 5.88 Å². The predicted molar refractivity (Wildman–Crippen MR) is 133 cm³/mol. The summed E-state index contributed by atoms with van der Waals surface area (Å²) in [5, 5.41) is 10.2. The molecule has 184 valence electrons. The minimum atomic E-state index is 0.141. The number of rotatable bonds is 6. The molecule has 6 rings (SSSR count). The van der Waals surface area contributed by atoms with Crippen LogP contribution in [0.3, 0.4) is 0 Å². The van der Waals surface area contributed by atoms with E-state index >= 15 is 0 Å². The summed E-state index contributed by atoms with van der Waals surface area (Å²) in [6, 6.07) is 18.6. The van der Waals surface area contributed by atoms with Gasteiger partial charge in [-0.15, -0.1) is 0 Å². The molecule has 0 saturated carbocycles. The van der Waals surface area contributed by atoms with E-state index < -0.39 is 0 Å². The lowest BCUT2D eigenvalue weighted by Gasteiger charge is -2.06. The first-order valence-corrected chi connectivity index (χ1v) is 11.3. The maximum Gasteiger partial charge on any atom is 0.238 e. The maximum absolute atomic E-state index is 10.2. The van der Waals surface area contributed by atoms with Crippen molar-refractivity contribution in [2.24, 2.45) is 4.99 Å². The van der Waals surface area contributed by atoms with Gasteiger partial charge in [0.15, 0.2) is 23.0 Å². The second-order valence-corrected chi connectivity index (χ2v) is 8.10. The lowest BCUT2D eigenvalue weighted by Crippen LogP contribution is -1.93. The average Bonchev–Trinajstić information content (AvgIpc) is 3.68. The molecule has 0 unspecified atom stereocenters. The van der Waals surface area contributed by atoms with Crippen molar-refractivity contribution in [3.63, 3.8) is 0 Å². The Morgan fingerprint density at radius 1 is 0.811 bits per heavy atom. The third-order valence-corrected chi connectivity index (χ3v) is 6.06. The first-order valence-electron chi connectivity index (χ1n) is 11.3. The molecule has 0 N–H and O–H groups in total. The highest BCUT2D eigenvalue weighted by atomic mass is 16.7. The molecule has 0 aliphatic carbocycles. The summed E-state index contributed by atoms with van der Waals surface area (Å²) in [7, 11) is 3.15. The van der Waals surface area contributed by atoms with Crippen LogP contribution < -0.4 is 28.4 Å². The third-order valence-electron chi connectivity index (χ3n) is 6.06. The first kappa shape index (κ1) is 22.4. The molecule has 0 fully saturated rings. The number of nitrogens with zero attached hydrogens (tertiary/aromatic N) is 2. The van der Waals surface area contributed by atoms with Crippen LogP contribution in [-0.4, -0.2) is 34.0 Å². The molecule has 4 aromatic rings. The van der Waals surface area contributed by atoms with Gasteiger partial charge in [0.2, 0.25) is 19.5 Å². The molecule has 0 radical (unpaired) electrons. The van der Waals surface area contributed by atoms with Crippen LogP contribution >= 0.6 is 0 Å². The molecule has 3 aromatic carbocycles. The Labute approximate surface area is 212 Å². The largest absolute Gasteiger partial charge is 0.497 e. The zero-order chi connectivity index (χ0) is 25.4. The smallest absolute Gasteiger partial charge is 0.238 e. The summed E-state index contributed by atoms with van der Waals surface area (Å²) in [5.41, 5.74) is 2.93. The van der Waals surface area contributed by atoms with Crippen LogP contribution in [0.2, 0.25) is 0 Å². The quantitative estimate of drug-likeness (QED) is 0.313. The van der Waals surface area contributed by atoms with Gasteiger partial charge in [-0.3, -0.25) is 0 Å². The Bertz CT molecular complexity index is 1580. The van der Waals surface area contributed by atoms with Crippen molar-refractivity contribution in [1.82, 2.24) is 0 Å². The fourth-order valence-electron chi connectivity index (χ4n) is 4.25. The van der Waals surface area contributed by atoms with E-state index in [1.807, 2.05) is 24.3 Å². The van der Waals surface area contributed by atoms with Crippen LogP contribution in [0, 0.1) is 11.3 Å². The highest BCUT2D eigenvalue weighted by Crippen LogP contribution is 2.47. The molecule has 2 aliphatic heterocycles. The van der Waals surface area contributed by atoms with Gasteiger partial charge in [-0.2, -0.15) is 5.26 Å². The Kier molecular flexibility index (Phi) is 5.54. The number of fused-ring (bicyclic) bond motifs is 2. The van der Waals surface area contributed by atoms with Gasteiger partial charge < -0.3 is 32.8 Å². The van der Waals surface area contributed by atoms with Crippen molar-refractivity contribution in [3.05, 3.63) is 65.7 Å². The van der Waals surface area contributed by atoms with E-state index in [0.29, 0.717) is 56.9 Å². The van der Waals surface area contributed by atoms with Gasteiger partial charge in [-0.1, -0.05) is 6.07 Å². The molecule has 0 spiro atoms. The minimum Gasteiger partial charge on any atom is -0.497 e. The highest BCUT2D eigenvalue weighted by Gasteiger charge is 2.26. The summed E-state index contributed by atoms with van der Waals surface area (Å²) in [4.78, 5) is 4.55. The van der Waals surface area contributed by atoms with Crippen LogP contribution in [0.5, 0.6) is 34.5 Å². The van der Waals surface area contributed by atoms with E-state index in [1.165, 1.54) is 0 Å². The molecule has 1 aromatic heterocycles. The van der Waals surface area contributed by atoms with E-state index in [-0.39, 0.29) is 25.0 Å². The standard InChI is InChI=1S/C28H20N2O7/c1-31-19-5-8-21(32-2)18(9-19)13-30-28-20(12-29)26(16-3-6-22-24(10-16)35-14-33-22)27(37-28)17-4-7-23-25(11-17)36-15-34-23/h3-11,13H,14-15H2,1-2H3. The minimum absolute atomic E-state index is 0.141. The van der Waals surface area contributed by atoms with Gasteiger partial charge in [0.25, 0.3) is 0 Å². The number of hydrogen-bond donors (Lipinski definition) is 0. The molecule has 0 atom stereocenters. The van der Waals surface area contributed by atoms with Gasteiger partial charge in [-0.25, -0.2) is 4.99 Å². The molecule has 9 nitrogen and oxygen atoms in total. The summed E-state index contributed by atoms with van der Waals surface area (Å²) < 4.78 is 39.1. The first-order chi connectivity index (χ1) is 18.2. The predicted octanol–water partition coefficient (Wildman–Crippen LogP) is 5.71. The van der Waals surface area contributed by atoms with E-state index in [1.54, 1.807) is 50.8 Å². The second-order valence-electron chi connectivity index (χ2n) is 8.10. The van der Waals surface area contributed by atoms with Crippen molar-refractivity contribution in [3.8, 4) is 63.0 Å². The number of hydrogen-bond acceptors (Lipinski definition) is 9. The van der Waals surface area contributed by atoms with E-state index in [4.69, 9.17) is 32.8 Å². The fourth-order valence-corrected chi connectivity index (χ4v) is 4.25. The van der Waals surface area contributed by atoms with Crippen LogP contribution in [-0.2, 0) is 0 Å². The molecular weight excluding hydrogens is 476 g/mol. The number of methoxy groups -OCH3 is 2. The molecule has 3 heterocycles. The zero-order valence-electron chi connectivity index (χ0n) is 19.9. The monoisotopic (exact) mass is 496 g/mol. The molecular formula is C28H20N2O7. The van der Waals surface area contributed by atoms with Gasteiger partial charge in [0.05, 0.1) is 14.2 Å². The van der Waals surface area contributed by atoms with Crippen molar-refractivity contribution >= 4 is 12.1 Å². The van der Waals surface area contributed by atoms with Crippen molar-refractivity contribution in [2.45, 2.75) is 0 Å². The lowest BCUT2D eigenvalue weighted by molar-refractivity contribution is 0.173.